The van der Waals surface area contributed by atoms with Gasteiger partial charge in [0, 0.05) is 51.4 Å². The summed E-state index contributed by atoms with van der Waals surface area (Å²) in [6.45, 7) is 3.73. The Balaban J connectivity index is 1.40. The smallest absolute Gasteiger partial charge is 0.298 e. The molecule has 0 aliphatic carbocycles. The number of rotatable bonds is 5. The molecule has 1 saturated heterocycles. The third-order valence-electron chi connectivity index (χ3n) is 4.80. The second kappa shape index (κ2) is 7.71. The van der Waals surface area contributed by atoms with E-state index in [4.69, 9.17) is 4.42 Å². The molecule has 0 saturated carbocycles. The summed E-state index contributed by atoms with van der Waals surface area (Å²) in [5.74, 6) is -0.329. The molecule has 3 aromatic rings. The number of carbonyl (C=O) groups excluding carboxylic acids is 2. The lowest BCUT2D eigenvalue weighted by atomic mass is 10.1. The van der Waals surface area contributed by atoms with E-state index in [-0.39, 0.29) is 11.8 Å². The van der Waals surface area contributed by atoms with Crippen LogP contribution in [0.3, 0.4) is 0 Å². The van der Waals surface area contributed by atoms with Gasteiger partial charge in [0.2, 0.25) is 11.8 Å². The molecule has 1 aromatic carbocycles. The number of nitrogens with one attached hydrogen (secondary N) is 2. The zero-order valence-electron chi connectivity index (χ0n) is 15.6. The van der Waals surface area contributed by atoms with Gasteiger partial charge in [-0.3, -0.25) is 9.59 Å². The summed E-state index contributed by atoms with van der Waals surface area (Å²) in [5, 5.41) is 2.75. The quantitative estimate of drug-likeness (QED) is 0.680. The summed E-state index contributed by atoms with van der Waals surface area (Å²) in [7, 11) is 0. The Morgan fingerprint density at radius 2 is 2.04 bits per heavy atom. The Morgan fingerprint density at radius 3 is 2.71 bits per heavy atom. The predicted molar refractivity (Wildman–Crippen MR) is 103 cm³/mol. The average molecular weight is 382 g/mol. The zero-order chi connectivity index (χ0) is 19.5. The largest absolute Gasteiger partial charge is 0.423 e. The van der Waals surface area contributed by atoms with Gasteiger partial charge in [0.25, 0.3) is 6.01 Å². The van der Waals surface area contributed by atoms with Crippen molar-refractivity contribution < 1.29 is 14.0 Å². The highest BCUT2D eigenvalue weighted by Gasteiger charge is 2.29. The standard InChI is InChI=1S/C19H22N6O3/c1-13(26)22-16(10-14-11-20-12-21-14)18(27)24-6-8-25(9-7-24)19-23-15-4-2-3-5-17(15)28-19/h2-5,11-12,16H,6-10H2,1H3,(H,20,21)(H,22,26)/t16-/m0/s1. The number of nitrogens with zero attached hydrogens (tertiary/aromatic N) is 4. The van der Waals surface area contributed by atoms with Crippen LogP contribution in [0.4, 0.5) is 6.01 Å². The van der Waals surface area contributed by atoms with Crippen molar-refractivity contribution in [1.29, 1.82) is 0 Å². The van der Waals surface area contributed by atoms with E-state index in [1.54, 1.807) is 17.4 Å². The summed E-state index contributed by atoms with van der Waals surface area (Å²) in [4.78, 5) is 39.8. The van der Waals surface area contributed by atoms with Crippen LogP contribution < -0.4 is 10.2 Å². The van der Waals surface area contributed by atoms with Crippen LogP contribution in [-0.4, -0.2) is 63.9 Å². The number of oxazole rings is 1. The zero-order valence-corrected chi connectivity index (χ0v) is 15.6. The number of H-pyrrole nitrogens is 1. The molecule has 9 nitrogen and oxygen atoms in total. The van der Waals surface area contributed by atoms with Crippen molar-refractivity contribution in [3.05, 3.63) is 42.5 Å². The number of para-hydroxylation sites is 2. The van der Waals surface area contributed by atoms with Gasteiger partial charge in [0.05, 0.1) is 6.33 Å². The van der Waals surface area contributed by atoms with Gasteiger partial charge in [-0.25, -0.2) is 4.98 Å². The van der Waals surface area contributed by atoms with E-state index in [9.17, 15) is 9.59 Å². The first-order valence-electron chi connectivity index (χ1n) is 9.24. The fourth-order valence-electron chi connectivity index (χ4n) is 3.40. The Morgan fingerprint density at radius 1 is 1.25 bits per heavy atom. The minimum Gasteiger partial charge on any atom is -0.423 e. The molecule has 2 amide bonds. The van der Waals surface area contributed by atoms with Crippen molar-refractivity contribution in [2.24, 2.45) is 0 Å². The lowest BCUT2D eigenvalue weighted by Gasteiger charge is -2.35. The Hall–Kier alpha value is -3.36. The van der Waals surface area contributed by atoms with Crippen LogP contribution in [0.2, 0.25) is 0 Å². The van der Waals surface area contributed by atoms with Crippen molar-refractivity contribution in [2.45, 2.75) is 19.4 Å². The van der Waals surface area contributed by atoms with Gasteiger partial charge in [-0.1, -0.05) is 12.1 Å². The van der Waals surface area contributed by atoms with Crippen LogP contribution in [0.25, 0.3) is 11.1 Å². The minimum atomic E-state index is -0.617. The predicted octanol–water partition coefficient (Wildman–Crippen LogP) is 0.947. The summed E-state index contributed by atoms with van der Waals surface area (Å²) in [6, 6.07) is 7.59. The first kappa shape index (κ1) is 18.0. The van der Waals surface area contributed by atoms with E-state index in [0.717, 1.165) is 16.8 Å². The molecule has 1 atom stereocenters. The van der Waals surface area contributed by atoms with E-state index in [1.807, 2.05) is 29.2 Å². The van der Waals surface area contributed by atoms with Gasteiger partial charge in [-0.05, 0) is 12.1 Å². The molecule has 146 valence electrons. The SMILES string of the molecule is CC(=O)N[C@@H](Cc1cnc[nH]1)C(=O)N1CCN(c2nc3ccccc3o2)CC1. The second-order valence-corrected chi connectivity index (χ2v) is 6.81. The number of hydrogen-bond acceptors (Lipinski definition) is 6. The fraction of sp³-hybridized carbons (Fsp3) is 0.368. The number of amides is 2. The lowest BCUT2D eigenvalue weighted by molar-refractivity contribution is -0.136. The molecule has 0 unspecified atom stereocenters. The molecule has 0 spiro atoms. The molecule has 3 heterocycles. The van der Waals surface area contributed by atoms with Crippen molar-refractivity contribution >= 4 is 28.9 Å². The number of aromatic nitrogens is 3. The van der Waals surface area contributed by atoms with Gasteiger partial charge in [0.15, 0.2) is 5.58 Å². The normalized spacial score (nSPS) is 15.6. The maximum atomic E-state index is 13.0. The molecule has 1 aliphatic rings. The van der Waals surface area contributed by atoms with Crippen LogP contribution >= 0.6 is 0 Å². The Kier molecular flexibility index (Phi) is 4.96. The average Bonchev–Trinajstić information content (AvgIpc) is 3.36. The van der Waals surface area contributed by atoms with Gasteiger partial charge in [-0.15, -0.1) is 0 Å². The number of benzene rings is 1. The topological polar surface area (TPSA) is 107 Å². The highest BCUT2D eigenvalue weighted by molar-refractivity contribution is 5.87. The summed E-state index contributed by atoms with van der Waals surface area (Å²) in [6.07, 6.45) is 3.60. The highest BCUT2D eigenvalue weighted by atomic mass is 16.4. The minimum absolute atomic E-state index is 0.0954. The number of carbonyl (C=O) groups is 2. The third kappa shape index (κ3) is 3.83. The number of piperazine rings is 1. The van der Waals surface area contributed by atoms with E-state index in [2.05, 4.69) is 20.3 Å². The first-order valence-corrected chi connectivity index (χ1v) is 9.24. The van der Waals surface area contributed by atoms with Crippen LogP contribution in [0.5, 0.6) is 0 Å². The Labute approximate surface area is 161 Å². The molecule has 2 aromatic heterocycles. The summed E-state index contributed by atoms with van der Waals surface area (Å²) >= 11 is 0. The van der Waals surface area contributed by atoms with Crippen LogP contribution in [-0.2, 0) is 16.0 Å². The monoisotopic (exact) mass is 382 g/mol. The molecule has 2 N–H and O–H groups in total. The van der Waals surface area contributed by atoms with E-state index >= 15 is 0 Å². The van der Waals surface area contributed by atoms with Crippen LogP contribution in [0, 0.1) is 0 Å². The molecular formula is C19H22N6O3. The molecular weight excluding hydrogens is 360 g/mol. The van der Waals surface area contributed by atoms with Crippen molar-refractivity contribution in [2.75, 3.05) is 31.1 Å². The number of anilines is 1. The van der Waals surface area contributed by atoms with Crippen LogP contribution in [0.1, 0.15) is 12.6 Å². The fourth-order valence-corrected chi connectivity index (χ4v) is 3.40. The van der Waals surface area contributed by atoms with Crippen molar-refractivity contribution in [3.8, 4) is 0 Å². The molecule has 9 heteroatoms. The van der Waals surface area contributed by atoms with Gasteiger partial charge >= 0.3 is 0 Å². The highest BCUT2D eigenvalue weighted by Crippen LogP contribution is 2.22. The van der Waals surface area contributed by atoms with Gasteiger partial charge in [0.1, 0.15) is 11.6 Å². The van der Waals surface area contributed by atoms with E-state index in [0.29, 0.717) is 38.6 Å². The van der Waals surface area contributed by atoms with Crippen molar-refractivity contribution in [3.63, 3.8) is 0 Å². The number of fused-ring (bicyclic) bond motifs is 1. The second-order valence-electron chi connectivity index (χ2n) is 6.81. The number of hydrogen-bond donors (Lipinski definition) is 2. The van der Waals surface area contributed by atoms with Crippen LogP contribution in [0.15, 0.2) is 41.2 Å². The summed E-state index contributed by atoms with van der Waals surface area (Å²) < 4.78 is 5.82. The third-order valence-corrected chi connectivity index (χ3v) is 4.80. The molecule has 0 radical (unpaired) electrons. The number of aromatic amines is 1. The molecule has 1 fully saturated rings. The van der Waals surface area contributed by atoms with Gasteiger partial charge in [-0.2, -0.15) is 4.98 Å². The maximum Gasteiger partial charge on any atom is 0.298 e. The van der Waals surface area contributed by atoms with E-state index in [1.165, 1.54) is 6.92 Å². The molecule has 0 bridgehead atoms. The van der Waals surface area contributed by atoms with Gasteiger partial charge < -0.3 is 24.5 Å². The number of imidazole rings is 1. The molecule has 1 aliphatic heterocycles. The molecule has 28 heavy (non-hydrogen) atoms. The maximum absolute atomic E-state index is 13.0. The summed E-state index contributed by atoms with van der Waals surface area (Å²) in [5.41, 5.74) is 2.37. The lowest BCUT2D eigenvalue weighted by Crippen LogP contribution is -2.55. The first-order chi connectivity index (χ1) is 13.6. The van der Waals surface area contributed by atoms with E-state index < -0.39 is 6.04 Å². The molecule has 4 rings (SSSR count). The van der Waals surface area contributed by atoms with Crippen molar-refractivity contribution in [1.82, 2.24) is 25.2 Å². The Bertz CT molecular complexity index is 926.